The fourth-order valence-electron chi connectivity index (χ4n) is 5.93. The van der Waals surface area contributed by atoms with Crippen LogP contribution in [-0.2, 0) is 9.53 Å². The number of nitrogens with zero attached hydrogens (tertiary/aromatic N) is 2. The van der Waals surface area contributed by atoms with Crippen molar-refractivity contribution < 1.29 is 23.8 Å². The smallest absolute Gasteiger partial charge is 0.330 e. The minimum Gasteiger partial charge on any atom is -0.497 e. The first-order valence-electron chi connectivity index (χ1n) is 15.2. The highest BCUT2D eigenvalue weighted by Gasteiger charge is 2.17. The number of aldehydes is 1. The molecule has 3 aromatic heterocycles. The summed E-state index contributed by atoms with van der Waals surface area (Å²) in [5.74, 6) is 0.888. The number of aromatic amines is 2. The van der Waals surface area contributed by atoms with Gasteiger partial charge in [0.25, 0.3) is 0 Å². The summed E-state index contributed by atoms with van der Waals surface area (Å²) < 4.78 is 16.0. The van der Waals surface area contributed by atoms with Gasteiger partial charge in [0.15, 0.2) is 6.29 Å². The molecule has 8 bridgehead atoms. The van der Waals surface area contributed by atoms with E-state index in [-0.39, 0.29) is 0 Å². The lowest BCUT2D eigenvalue weighted by atomic mass is 10.0. The van der Waals surface area contributed by atoms with Crippen LogP contribution in [0.4, 0.5) is 0 Å². The van der Waals surface area contributed by atoms with Gasteiger partial charge in [0.1, 0.15) is 11.5 Å². The van der Waals surface area contributed by atoms with Crippen molar-refractivity contribution in [3.05, 3.63) is 113 Å². The monoisotopic (exact) mass is 634 g/mol. The first-order chi connectivity index (χ1) is 23.5. The Bertz CT molecular complexity index is 2310. The minimum absolute atomic E-state index is 0.418. The van der Waals surface area contributed by atoms with Gasteiger partial charge in [-0.25, -0.2) is 14.8 Å². The highest BCUT2D eigenvalue weighted by Crippen LogP contribution is 2.35. The van der Waals surface area contributed by atoms with Crippen LogP contribution >= 0.6 is 0 Å². The van der Waals surface area contributed by atoms with E-state index in [1.165, 1.54) is 13.2 Å². The van der Waals surface area contributed by atoms with E-state index in [0.29, 0.717) is 50.9 Å². The standard InChI is InChI=1S/C39H30N4O5/c1-46-25-8-4-6-23(20-25)38-33-15-11-29(40-33)27(10-19-37(45)48-3)30-12-16-34(41-30)39(24-7-5-9-26(21-24)47-2)36-18-14-32(43-36)28(22-44)31-13-17-35(38)42-31/h4-22,40,43H,1-3H3/b19-10+,29-27?,30-27?,31-28?,32-28?,38-33?,38-35?,39-34?,39-36?. The average molecular weight is 635 g/mol. The topological polar surface area (TPSA) is 119 Å². The molecule has 236 valence electrons. The van der Waals surface area contributed by atoms with Gasteiger partial charge in [-0.1, -0.05) is 24.3 Å². The van der Waals surface area contributed by atoms with Crippen LogP contribution in [0.15, 0.2) is 78.9 Å². The van der Waals surface area contributed by atoms with E-state index in [2.05, 4.69) is 9.97 Å². The highest BCUT2D eigenvalue weighted by atomic mass is 16.5. The number of hydrogen-bond acceptors (Lipinski definition) is 7. The summed E-state index contributed by atoms with van der Waals surface area (Å²) in [6.45, 7) is 0. The number of aromatic nitrogens is 4. The number of benzene rings is 2. The van der Waals surface area contributed by atoms with Crippen molar-refractivity contribution in [3.8, 4) is 33.8 Å². The van der Waals surface area contributed by atoms with E-state index in [4.69, 9.17) is 24.2 Å². The Hall–Kier alpha value is -6.48. The van der Waals surface area contributed by atoms with Gasteiger partial charge in [-0.2, -0.15) is 0 Å². The molecule has 0 atom stereocenters. The van der Waals surface area contributed by atoms with Crippen LogP contribution in [-0.4, -0.2) is 53.5 Å². The summed E-state index contributed by atoms with van der Waals surface area (Å²) in [7, 11) is 4.58. The number of hydrogen-bond donors (Lipinski definition) is 2. The zero-order chi connectivity index (χ0) is 33.2. The van der Waals surface area contributed by atoms with Crippen LogP contribution < -0.4 is 9.47 Å². The Morgan fingerprint density at radius 2 is 1.10 bits per heavy atom. The minimum atomic E-state index is -0.491. The molecule has 9 heteroatoms. The summed E-state index contributed by atoms with van der Waals surface area (Å²) in [5, 5.41) is 0. The van der Waals surface area contributed by atoms with Crippen LogP contribution in [0, 0.1) is 0 Å². The second-order valence-corrected chi connectivity index (χ2v) is 11.0. The lowest BCUT2D eigenvalue weighted by Crippen LogP contribution is -1.94. The molecule has 0 fully saturated rings. The predicted octanol–water partition coefficient (Wildman–Crippen LogP) is 8.01. The zero-order valence-electron chi connectivity index (χ0n) is 26.4. The molecule has 7 rings (SSSR count). The van der Waals surface area contributed by atoms with Crippen molar-refractivity contribution >= 4 is 64.7 Å². The van der Waals surface area contributed by atoms with E-state index in [9.17, 15) is 9.59 Å². The summed E-state index contributed by atoms with van der Waals surface area (Å²) >= 11 is 0. The van der Waals surface area contributed by atoms with Gasteiger partial charge < -0.3 is 24.2 Å². The first kappa shape index (κ1) is 30.2. The van der Waals surface area contributed by atoms with Crippen LogP contribution in [0.5, 0.6) is 11.5 Å². The van der Waals surface area contributed by atoms with Gasteiger partial charge in [-0.15, -0.1) is 0 Å². The second kappa shape index (κ2) is 12.7. The molecule has 2 aliphatic heterocycles. The Morgan fingerprint density at radius 3 is 1.60 bits per heavy atom. The summed E-state index contributed by atoms with van der Waals surface area (Å²) in [6.07, 6.45) is 11.5. The van der Waals surface area contributed by atoms with E-state index < -0.39 is 5.97 Å². The largest absolute Gasteiger partial charge is 0.497 e. The van der Waals surface area contributed by atoms with Crippen molar-refractivity contribution in [2.45, 2.75) is 0 Å². The summed E-state index contributed by atoms with van der Waals surface area (Å²) in [6, 6.07) is 23.1. The number of ether oxygens (including phenoxy) is 3. The molecule has 48 heavy (non-hydrogen) atoms. The van der Waals surface area contributed by atoms with Crippen LogP contribution in [0.25, 0.3) is 74.7 Å². The number of rotatable bonds is 7. The molecule has 2 aliphatic rings. The number of esters is 1. The maximum Gasteiger partial charge on any atom is 0.330 e. The van der Waals surface area contributed by atoms with Crippen molar-refractivity contribution in [3.63, 3.8) is 0 Å². The molecule has 0 amide bonds. The normalized spacial score (nSPS) is 12.0. The lowest BCUT2D eigenvalue weighted by Gasteiger charge is -2.07. The summed E-state index contributed by atoms with van der Waals surface area (Å²) in [4.78, 5) is 42.0. The van der Waals surface area contributed by atoms with Crippen LogP contribution in [0.3, 0.4) is 0 Å². The van der Waals surface area contributed by atoms with Gasteiger partial charge in [0.2, 0.25) is 0 Å². The second-order valence-electron chi connectivity index (χ2n) is 11.0. The quantitative estimate of drug-likeness (QED) is 0.104. The fourth-order valence-corrected chi connectivity index (χ4v) is 5.93. The predicted molar refractivity (Wildman–Crippen MR) is 189 cm³/mol. The number of carbonyl (C=O) groups excluding carboxylic acids is 2. The first-order valence-corrected chi connectivity index (χ1v) is 15.2. The number of nitrogens with one attached hydrogen (secondary N) is 2. The molecule has 9 nitrogen and oxygen atoms in total. The molecule has 0 unspecified atom stereocenters. The highest BCUT2D eigenvalue weighted by molar-refractivity contribution is 5.99. The third-order valence-electron chi connectivity index (χ3n) is 8.26. The van der Waals surface area contributed by atoms with Gasteiger partial charge in [0.05, 0.1) is 55.2 Å². The molecule has 0 saturated carbocycles. The molecule has 2 aromatic carbocycles. The fraction of sp³-hybridized carbons (Fsp3) is 0.0769. The number of H-pyrrole nitrogens is 2. The lowest BCUT2D eigenvalue weighted by molar-refractivity contribution is -0.134. The van der Waals surface area contributed by atoms with E-state index in [0.717, 1.165) is 45.1 Å². The maximum absolute atomic E-state index is 12.6. The number of fused-ring (bicyclic) bond motifs is 8. The molecule has 0 spiro atoms. The molecule has 0 aliphatic carbocycles. The van der Waals surface area contributed by atoms with Gasteiger partial charge in [0, 0.05) is 39.3 Å². The van der Waals surface area contributed by atoms with Gasteiger partial charge in [-0.05, 0) is 90.0 Å². The zero-order valence-corrected chi connectivity index (χ0v) is 26.4. The van der Waals surface area contributed by atoms with Crippen molar-refractivity contribution in [1.82, 2.24) is 19.9 Å². The third kappa shape index (κ3) is 5.58. The summed E-state index contributed by atoms with van der Waals surface area (Å²) in [5.41, 5.74) is 9.78. The Labute approximate surface area is 275 Å². The molecule has 5 heterocycles. The van der Waals surface area contributed by atoms with E-state index in [1.54, 1.807) is 20.3 Å². The van der Waals surface area contributed by atoms with Crippen molar-refractivity contribution in [1.29, 1.82) is 0 Å². The Morgan fingerprint density at radius 1 is 0.625 bits per heavy atom. The third-order valence-corrected chi connectivity index (χ3v) is 8.26. The van der Waals surface area contributed by atoms with E-state index >= 15 is 0 Å². The molecule has 5 aromatic rings. The SMILES string of the molecule is COC(=O)/C=C/c1c2nc(c(-c3cccc(OC)c3)c3ccc([nH]3)c(C=O)c3nc(c(-c4cccc(OC)c4)c4ccc1[nH]4)C=C3)C=C2. The molecule has 0 radical (unpaired) electrons. The maximum atomic E-state index is 12.6. The Balaban J connectivity index is 1.65. The Kier molecular flexibility index (Phi) is 8.00. The van der Waals surface area contributed by atoms with Crippen molar-refractivity contribution in [2.24, 2.45) is 0 Å². The van der Waals surface area contributed by atoms with Crippen LogP contribution in [0.2, 0.25) is 0 Å². The van der Waals surface area contributed by atoms with Crippen molar-refractivity contribution in [2.75, 3.05) is 21.3 Å². The number of carbonyl (C=O) groups is 2. The molecular weight excluding hydrogens is 604 g/mol. The molecular formula is C39H30N4O5. The van der Waals surface area contributed by atoms with Gasteiger partial charge >= 0.3 is 5.97 Å². The molecule has 2 N–H and O–H groups in total. The number of methoxy groups -OCH3 is 3. The van der Waals surface area contributed by atoms with E-state index in [1.807, 2.05) is 97.1 Å². The van der Waals surface area contributed by atoms with Gasteiger partial charge in [-0.3, -0.25) is 4.79 Å². The van der Waals surface area contributed by atoms with Crippen LogP contribution in [0.1, 0.15) is 38.7 Å². The average Bonchev–Trinajstić information content (AvgIpc) is 3.95. The molecule has 0 saturated heterocycles.